The molecule has 1 aromatic heterocycles. The third-order valence-corrected chi connectivity index (χ3v) is 4.28. The number of nitrogens with one attached hydrogen (secondary N) is 2. The first kappa shape index (κ1) is 17.8. The number of aryl methyl sites for hydroxylation is 1. The van der Waals surface area contributed by atoms with Gasteiger partial charge in [-0.25, -0.2) is 13.4 Å². The Morgan fingerprint density at radius 3 is 2.61 bits per heavy atom. The molecule has 23 heavy (non-hydrogen) atoms. The van der Waals surface area contributed by atoms with E-state index >= 15 is 0 Å². The summed E-state index contributed by atoms with van der Waals surface area (Å²) in [4.78, 5) is 7.70. The van der Waals surface area contributed by atoms with Crippen molar-refractivity contribution in [2.45, 2.75) is 26.2 Å². The second-order valence-electron chi connectivity index (χ2n) is 6.17. The van der Waals surface area contributed by atoms with E-state index in [1.54, 1.807) is 18.2 Å². The average molecular weight is 358 g/mol. The van der Waals surface area contributed by atoms with Crippen molar-refractivity contribution in [2.24, 2.45) is 0 Å². The van der Waals surface area contributed by atoms with Crippen LogP contribution in [0.25, 0.3) is 11.3 Å². The molecule has 3 N–H and O–H groups in total. The van der Waals surface area contributed by atoms with Gasteiger partial charge in [-0.15, -0.1) is 0 Å². The lowest BCUT2D eigenvalue weighted by molar-refractivity contribution is 0.212. The van der Waals surface area contributed by atoms with Gasteiger partial charge < -0.3 is 10.1 Å². The molecule has 0 bridgehead atoms. The van der Waals surface area contributed by atoms with Crippen molar-refractivity contribution in [2.75, 3.05) is 17.6 Å². The van der Waals surface area contributed by atoms with Gasteiger partial charge in [0.2, 0.25) is 10.0 Å². The molecule has 0 aliphatic carbocycles. The molecule has 1 heterocycles. The maximum atomic E-state index is 11.6. The van der Waals surface area contributed by atoms with E-state index in [2.05, 4.69) is 14.7 Å². The first-order valence-corrected chi connectivity index (χ1v) is 9.26. The molecule has 0 aliphatic rings. The van der Waals surface area contributed by atoms with Crippen LogP contribution in [0.2, 0.25) is 5.02 Å². The Hall–Kier alpha value is -1.57. The molecule has 0 atom stereocenters. The maximum Gasteiger partial charge on any atom is 0.229 e. The Labute approximate surface area is 141 Å². The molecule has 0 radical (unpaired) electrons. The summed E-state index contributed by atoms with van der Waals surface area (Å²) in [7, 11) is -3.43. The first-order valence-electron chi connectivity index (χ1n) is 6.99. The van der Waals surface area contributed by atoms with Crippen LogP contribution in [-0.4, -0.2) is 36.4 Å². The van der Waals surface area contributed by atoms with Gasteiger partial charge in [-0.2, -0.15) is 0 Å². The Kier molecular flexibility index (Phi) is 4.75. The lowest BCUT2D eigenvalue weighted by Crippen LogP contribution is -2.23. The highest BCUT2D eigenvalue weighted by atomic mass is 35.5. The summed E-state index contributed by atoms with van der Waals surface area (Å²) in [5, 5.41) is 9.97. The molecule has 126 valence electrons. The van der Waals surface area contributed by atoms with E-state index in [0.717, 1.165) is 11.9 Å². The van der Waals surface area contributed by atoms with Gasteiger partial charge in [0.15, 0.2) is 0 Å². The molecule has 0 saturated heterocycles. The van der Waals surface area contributed by atoms with E-state index in [9.17, 15) is 13.5 Å². The van der Waals surface area contributed by atoms with Gasteiger partial charge in [0.1, 0.15) is 5.82 Å². The molecular formula is C15H20ClN3O3S. The van der Waals surface area contributed by atoms with Crippen LogP contribution < -0.4 is 4.72 Å². The summed E-state index contributed by atoms with van der Waals surface area (Å²) in [6, 6.07) is 4.87. The van der Waals surface area contributed by atoms with E-state index in [1.165, 1.54) is 0 Å². The van der Waals surface area contributed by atoms with Crippen LogP contribution in [0.3, 0.4) is 0 Å². The molecule has 1 aromatic carbocycles. The topological polar surface area (TPSA) is 95.1 Å². The normalized spacial score (nSPS) is 12.4. The molecule has 0 saturated carbocycles. The molecule has 2 aromatic rings. The van der Waals surface area contributed by atoms with Crippen LogP contribution >= 0.6 is 11.6 Å². The predicted molar refractivity (Wildman–Crippen MR) is 92.3 cm³/mol. The summed E-state index contributed by atoms with van der Waals surface area (Å²) in [6.07, 6.45) is 1.09. The number of anilines is 1. The molecule has 2 rings (SSSR count). The maximum absolute atomic E-state index is 11.6. The highest BCUT2D eigenvalue weighted by Crippen LogP contribution is 2.34. The van der Waals surface area contributed by atoms with Gasteiger partial charge in [-0.05, 0) is 25.1 Å². The fraction of sp³-hybridized carbons (Fsp3) is 0.400. The summed E-state index contributed by atoms with van der Waals surface area (Å²) in [6.45, 7) is 5.50. The number of H-pyrrole nitrogens is 1. The number of sulfonamides is 1. The lowest BCUT2D eigenvalue weighted by atomic mass is 9.94. The minimum atomic E-state index is -3.43. The molecule has 0 amide bonds. The Morgan fingerprint density at radius 1 is 1.39 bits per heavy atom. The number of benzene rings is 1. The third-order valence-electron chi connectivity index (χ3n) is 3.45. The van der Waals surface area contributed by atoms with E-state index in [1.807, 2.05) is 20.8 Å². The average Bonchev–Trinajstić information content (AvgIpc) is 2.82. The molecule has 0 spiro atoms. The molecule has 0 fully saturated rings. The number of aromatic amines is 1. The number of hydrogen-bond donors (Lipinski definition) is 3. The molecule has 6 nitrogen and oxygen atoms in total. The predicted octanol–water partition coefficient (Wildman–Crippen LogP) is 2.68. The Balaban J connectivity index is 2.60. The van der Waals surface area contributed by atoms with Crippen molar-refractivity contribution in [3.8, 4) is 11.3 Å². The van der Waals surface area contributed by atoms with E-state index in [0.29, 0.717) is 27.8 Å². The largest absolute Gasteiger partial charge is 0.395 e. The minimum absolute atomic E-state index is 0.0661. The van der Waals surface area contributed by atoms with Crippen molar-refractivity contribution in [3.05, 3.63) is 34.7 Å². The number of rotatable bonds is 5. The number of aliphatic hydroxyl groups is 1. The summed E-state index contributed by atoms with van der Waals surface area (Å²) < 4.78 is 25.6. The highest BCUT2D eigenvalue weighted by molar-refractivity contribution is 7.92. The van der Waals surface area contributed by atoms with Crippen LogP contribution in [-0.2, 0) is 15.4 Å². The van der Waals surface area contributed by atoms with Crippen LogP contribution in [0.5, 0.6) is 0 Å². The van der Waals surface area contributed by atoms with Gasteiger partial charge in [0, 0.05) is 21.7 Å². The standard InChI is InChI=1S/C15H20ClN3O3S/c1-9-13(18-14(17-9)15(2,3)8-20)11-7-10(16)5-6-12(11)19-23(4,21)22/h5-7,19-20H,8H2,1-4H3,(H,17,18). The zero-order valence-corrected chi connectivity index (χ0v) is 15.0. The highest BCUT2D eigenvalue weighted by Gasteiger charge is 2.25. The second kappa shape index (κ2) is 6.14. The van der Waals surface area contributed by atoms with E-state index in [-0.39, 0.29) is 6.61 Å². The number of aliphatic hydroxyl groups excluding tert-OH is 1. The van der Waals surface area contributed by atoms with E-state index < -0.39 is 15.4 Å². The number of halogens is 1. The van der Waals surface area contributed by atoms with Gasteiger partial charge in [0.05, 0.1) is 24.2 Å². The summed E-state index contributed by atoms with van der Waals surface area (Å²) in [5.74, 6) is 0.623. The quantitative estimate of drug-likeness (QED) is 0.766. The zero-order chi connectivity index (χ0) is 17.4. The zero-order valence-electron chi connectivity index (χ0n) is 13.4. The number of nitrogens with zero attached hydrogens (tertiary/aromatic N) is 1. The Morgan fingerprint density at radius 2 is 2.04 bits per heavy atom. The fourth-order valence-corrected chi connectivity index (χ4v) is 2.87. The monoisotopic (exact) mass is 357 g/mol. The van der Waals surface area contributed by atoms with Crippen LogP contribution in [0.15, 0.2) is 18.2 Å². The van der Waals surface area contributed by atoms with Crippen LogP contribution in [0.1, 0.15) is 25.4 Å². The Bertz CT molecular complexity index is 828. The third kappa shape index (κ3) is 4.04. The fourth-order valence-electron chi connectivity index (χ4n) is 2.12. The molecular weight excluding hydrogens is 338 g/mol. The number of imidazole rings is 1. The van der Waals surface area contributed by atoms with Crippen molar-refractivity contribution >= 4 is 27.3 Å². The van der Waals surface area contributed by atoms with Crippen LogP contribution in [0.4, 0.5) is 5.69 Å². The summed E-state index contributed by atoms with van der Waals surface area (Å²) >= 11 is 6.06. The van der Waals surface area contributed by atoms with Gasteiger partial charge >= 0.3 is 0 Å². The van der Waals surface area contributed by atoms with Gasteiger partial charge in [-0.1, -0.05) is 25.4 Å². The first-order chi connectivity index (χ1) is 10.5. The molecule has 8 heteroatoms. The SMILES string of the molecule is Cc1[nH]c(C(C)(C)CO)nc1-c1cc(Cl)ccc1NS(C)(=O)=O. The van der Waals surface area contributed by atoms with Crippen molar-refractivity contribution in [1.29, 1.82) is 0 Å². The second-order valence-corrected chi connectivity index (χ2v) is 8.35. The summed E-state index contributed by atoms with van der Waals surface area (Å²) in [5.41, 5.74) is 1.80. The van der Waals surface area contributed by atoms with Gasteiger partial charge in [0.25, 0.3) is 0 Å². The van der Waals surface area contributed by atoms with Crippen molar-refractivity contribution in [1.82, 2.24) is 9.97 Å². The van der Waals surface area contributed by atoms with Gasteiger partial charge in [-0.3, -0.25) is 4.72 Å². The van der Waals surface area contributed by atoms with Crippen molar-refractivity contribution in [3.63, 3.8) is 0 Å². The lowest BCUT2D eigenvalue weighted by Gasteiger charge is -2.18. The van der Waals surface area contributed by atoms with Crippen LogP contribution in [0, 0.1) is 6.92 Å². The molecule has 0 unspecified atom stereocenters. The number of aromatic nitrogens is 2. The smallest absolute Gasteiger partial charge is 0.229 e. The minimum Gasteiger partial charge on any atom is -0.395 e. The van der Waals surface area contributed by atoms with E-state index in [4.69, 9.17) is 11.6 Å². The molecule has 0 aliphatic heterocycles. The van der Waals surface area contributed by atoms with Crippen molar-refractivity contribution < 1.29 is 13.5 Å². The number of hydrogen-bond acceptors (Lipinski definition) is 4.